The van der Waals surface area contributed by atoms with Crippen molar-refractivity contribution in [2.75, 3.05) is 0 Å². The monoisotopic (exact) mass is 318 g/mol. The maximum Gasteiger partial charge on any atom is 0.255 e. The molecular formula is C18H14N4O2. The zero-order chi connectivity index (χ0) is 16.8. The summed E-state index contributed by atoms with van der Waals surface area (Å²) in [6, 6.07) is 15.8. The fourth-order valence-electron chi connectivity index (χ4n) is 2.16. The van der Waals surface area contributed by atoms with Crippen LogP contribution in [-0.4, -0.2) is 15.9 Å². The van der Waals surface area contributed by atoms with Gasteiger partial charge in [-0.2, -0.15) is 5.26 Å². The Balaban J connectivity index is 1.80. The van der Waals surface area contributed by atoms with Crippen LogP contribution >= 0.6 is 0 Å². The van der Waals surface area contributed by atoms with Gasteiger partial charge in [-0.3, -0.25) is 4.79 Å². The molecule has 1 amide bonds. The van der Waals surface area contributed by atoms with E-state index in [-0.39, 0.29) is 12.5 Å². The molecule has 6 nitrogen and oxygen atoms in total. The maximum atomic E-state index is 12.4. The lowest BCUT2D eigenvalue weighted by molar-refractivity contribution is 0.0947. The van der Waals surface area contributed by atoms with Gasteiger partial charge in [-0.25, -0.2) is 4.98 Å². The number of imidazole rings is 1. The minimum atomic E-state index is -0.281. The number of aromatic amines is 1. The standard InChI is InChI=1S/C18H14N4O2/c19-11-13-5-1-3-7-15(13)24-16-8-4-2-6-14(16)18(23)22-12-17-20-9-10-21-17/h1-10H,12H2,(H,20,21)(H,22,23). The minimum Gasteiger partial charge on any atom is -0.455 e. The van der Waals surface area contributed by atoms with Gasteiger partial charge in [0.1, 0.15) is 23.4 Å². The number of H-pyrrole nitrogens is 1. The van der Waals surface area contributed by atoms with Crippen LogP contribution < -0.4 is 10.1 Å². The van der Waals surface area contributed by atoms with Gasteiger partial charge in [-0.15, -0.1) is 0 Å². The van der Waals surface area contributed by atoms with E-state index in [9.17, 15) is 4.79 Å². The molecule has 3 rings (SSSR count). The molecule has 2 aromatic carbocycles. The first-order valence-electron chi connectivity index (χ1n) is 7.30. The lowest BCUT2D eigenvalue weighted by Crippen LogP contribution is -2.23. The van der Waals surface area contributed by atoms with Gasteiger partial charge in [0, 0.05) is 12.4 Å². The Kier molecular flexibility index (Phi) is 4.54. The topological polar surface area (TPSA) is 90.8 Å². The first-order valence-corrected chi connectivity index (χ1v) is 7.30. The number of hydrogen-bond acceptors (Lipinski definition) is 4. The Bertz CT molecular complexity index is 882. The van der Waals surface area contributed by atoms with E-state index in [0.717, 1.165) is 0 Å². The highest BCUT2D eigenvalue weighted by Crippen LogP contribution is 2.27. The van der Waals surface area contributed by atoms with Crippen LogP contribution in [-0.2, 0) is 6.54 Å². The number of aromatic nitrogens is 2. The molecule has 3 aromatic rings. The van der Waals surface area contributed by atoms with Gasteiger partial charge in [-0.1, -0.05) is 24.3 Å². The van der Waals surface area contributed by atoms with E-state index >= 15 is 0 Å². The Labute approximate surface area is 138 Å². The molecule has 0 unspecified atom stereocenters. The zero-order valence-electron chi connectivity index (χ0n) is 12.7. The smallest absolute Gasteiger partial charge is 0.255 e. The summed E-state index contributed by atoms with van der Waals surface area (Å²) in [5.41, 5.74) is 0.792. The predicted octanol–water partition coefficient (Wildman–Crippen LogP) is 3.00. The predicted molar refractivity (Wildman–Crippen MR) is 87.4 cm³/mol. The summed E-state index contributed by atoms with van der Waals surface area (Å²) in [6.07, 6.45) is 3.31. The summed E-state index contributed by atoms with van der Waals surface area (Å²) >= 11 is 0. The number of rotatable bonds is 5. The highest BCUT2D eigenvalue weighted by molar-refractivity contribution is 5.96. The molecule has 0 bridgehead atoms. The van der Waals surface area contributed by atoms with Crippen molar-refractivity contribution in [3.8, 4) is 17.6 Å². The quantitative estimate of drug-likeness (QED) is 0.756. The van der Waals surface area contributed by atoms with Gasteiger partial charge in [0.25, 0.3) is 5.91 Å². The molecule has 0 atom stereocenters. The van der Waals surface area contributed by atoms with Crippen molar-refractivity contribution >= 4 is 5.91 Å². The van der Waals surface area contributed by atoms with Crippen LogP contribution in [0.2, 0.25) is 0 Å². The third kappa shape index (κ3) is 3.42. The Morgan fingerprint density at radius 1 is 1.17 bits per heavy atom. The highest BCUT2D eigenvalue weighted by atomic mass is 16.5. The van der Waals surface area contributed by atoms with E-state index in [0.29, 0.717) is 28.5 Å². The van der Waals surface area contributed by atoms with Crippen molar-refractivity contribution in [2.45, 2.75) is 6.54 Å². The summed E-state index contributed by atoms with van der Waals surface area (Å²) in [6.45, 7) is 0.287. The summed E-state index contributed by atoms with van der Waals surface area (Å²) < 4.78 is 5.78. The fourth-order valence-corrected chi connectivity index (χ4v) is 2.16. The van der Waals surface area contributed by atoms with E-state index in [1.807, 2.05) is 0 Å². The number of nitrogens with zero attached hydrogens (tertiary/aromatic N) is 2. The molecule has 0 aliphatic carbocycles. The van der Waals surface area contributed by atoms with Crippen LogP contribution in [0.1, 0.15) is 21.7 Å². The number of carbonyl (C=O) groups is 1. The van der Waals surface area contributed by atoms with E-state index < -0.39 is 0 Å². The van der Waals surface area contributed by atoms with Crippen molar-refractivity contribution in [1.29, 1.82) is 5.26 Å². The molecular weight excluding hydrogens is 304 g/mol. The first-order chi connectivity index (χ1) is 11.8. The van der Waals surface area contributed by atoms with E-state index in [2.05, 4.69) is 21.4 Å². The molecule has 1 heterocycles. The maximum absolute atomic E-state index is 12.4. The molecule has 0 radical (unpaired) electrons. The van der Waals surface area contributed by atoms with Crippen LogP contribution in [0.5, 0.6) is 11.5 Å². The second kappa shape index (κ2) is 7.11. The van der Waals surface area contributed by atoms with Crippen molar-refractivity contribution in [3.05, 3.63) is 77.9 Å². The molecule has 0 saturated heterocycles. The number of carbonyl (C=O) groups excluding carboxylic acids is 1. The first kappa shape index (κ1) is 15.3. The van der Waals surface area contributed by atoms with Gasteiger partial charge in [0.15, 0.2) is 0 Å². The average Bonchev–Trinajstić information content (AvgIpc) is 3.14. The SMILES string of the molecule is N#Cc1ccccc1Oc1ccccc1C(=O)NCc1ncc[nH]1. The summed E-state index contributed by atoms with van der Waals surface area (Å²) in [7, 11) is 0. The van der Waals surface area contributed by atoms with Gasteiger partial charge < -0.3 is 15.0 Å². The van der Waals surface area contributed by atoms with Crippen molar-refractivity contribution < 1.29 is 9.53 Å². The molecule has 0 aliphatic rings. The fraction of sp³-hybridized carbons (Fsp3) is 0.0556. The van der Waals surface area contributed by atoms with Gasteiger partial charge in [0.05, 0.1) is 17.7 Å². The van der Waals surface area contributed by atoms with Gasteiger partial charge in [0.2, 0.25) is 0 Å². The van der Waals surface area contributed by atoms with Crippen molar-refractivity contribution in [2.24, 2.45) is 0 Å². The normalized spacial score (nSPS) is 9.96. The second-order valence-electron chi connectivity index (χ2n) is 4.92. The minimum absolute atomic E-state index is 0.281. The Hall–Kier alpha value is -3.59. The summed E-state index contributed by atoms with van der Waals surface area (Å²) in [5, 5.41) is 11.9. The average molecular weight is 318 g/mol. The lowest BCUT2D eigenvalue weighted by Gasteiger charge is -2.11. The molecule has 0 spiro atoms. The number of hydrogen-bond donors (Lipinski definition) is 2. The van der Waals surface area contributed by atoms with E-state index in [4.69, 9.17) is 10.00 Å². The van der Waals surface area contributed by atoms with E-state index in [1.165, 1.54) is 0 Å². The molecule has 24 heavy (non-hydrogen) atoms. The Morgan fingerprint density at radius 2 is 1.92 bits per heavy atom. The molecule has 0 saturated carbocycles. The molecule has 118 valence electrons. The third-order valence-corrected chi connectivity index (χ3v) is 3.33. The van der Waals surface area contributed by atoms with Gasteiger partial charge >= 0.3 is 0 Å². The van der Waals surface area contributed by atoms with Crippen molar-refractivity contribution in [3.63, 3.8) is 0 Å². The van der Waals surface area contributed by atoms with E-state index in [1.54, 1.807) is 60.9 Å². The number of nitrogens with one attached hydrogen (secondary N) is 2. The third-order valence-electron chi connectivity index (χ3n) is 3.33. The molecule has 1 aromatic heterocycles. The number of amides is 1. The zero-order valence-corrected chi connectivity index (χ0v) is 12.7. The number of ether oxygens (including phenoxy) is 1. The molecule has 0 fully saturated rings. The largest absolute Gasteiger partial charge is 0.455 e. The van der Waals surface area contributed by atoms with Gasteiger partial charge in [-0.05, 0) is 24.3 Å². The molecule has 0 aliphatic heterocycles. The van der Waals surface area contributed by atoms with Crippen LogP contribution in [0, 0.1) is 11.3 Å². The van der Waals surface area contributed by atoms with Crippen LogP contribution in [0.4, 0.5) is 0 Å². The molecule has 2 N–H and O–H groups in total. The number of nitriles is 1. The van der Waals surface area contributed by atoms with Crippen LogP contribution in [0.15, 0.2) is 60.9 Å². The lowest BCUT2D eigenvalue weighted by atomic mass is 10.1. The summed E-state index contributed by atoms with van der Waals surface area (Å²) in [5.74, 6) is 1.18. The number of para-hydroxylation sites is 2. The second-order valence-corrected chi connectivity index (χ2v) is 4.92. The van der Waals surface area contributed by atoms with Crippen LogP contribution in [0.25, 0.3) is 0 Å². The summed E-state index contributed by atoms with van der Waals surface area (Å²) in [4.78, 5) is 19.4. The highest BCUT2D eigenvalue weighted by Gasteiger charge is 2.14. The molecule has 6 heteroatoms. The van der Waals surface area contributed by atoms with Crippen molar-refractivity contribution in [1.82, 2.24) is 15.3 Å². The number of benzene rings is 2. The Morgan fingerprint density at radius 3 is 2.67 bits per heavy atom. The van der Waals surface area contributed by atoms with Crippen LogP contribution in [0.3, 0.4) is 0 Å².